The molecule has 0 amide bonds. The molecule has 0 radical (unpaired) electrons. The van der Waals surface area contributed by atoms with Crippen LogP contribution in [0.15, 0.2) is 24.3 Å². The Hall–Kier alpha value is -1.85. The Kier molecular flexibility index (Phi) is 3.31. The molecule has 0 bridgehead atoms. The summed E-state index contributed by atoms with van der Waals surface area (Å²) in [4.78, 5) is 10.1. The molecule has 1 N–H and O–H groups in total. The fourth-order valence-corrected chi connectivity index (χ4v) is 1.03. The standard InChI is InChI=1S/C10H6F4O2/c11-8-3-1-6(2-4-9(15)16)5-7(8)10(12,13)14/h1-5H,(H,15,16). The summed E-state index contributed by atoms with van der Waals surface area (Å²) in [6.45, 7) is 0. The normalized spacial score (nSPS) is 12.0. The highest BCUT2D eigenvalue weighted by atomic mass is 19.4. The van der Waals surface area contributed by atoms with Crippen LogP contribution in [0.2, 0.25) is 0 Å². The van der Waals surface area contributed by atoms with Crippen molar-refractivity contribution in [2.24, 2.45) is 0 Å². The maximum Gasteiger partial charge on any atom is 0.419 e. The highest BCUT2D eigenvalue weighted by molar-refractivity contribution is 5.85. The molecule has 0 saturated heterocycles. The van der Waals surface area contributed by atoms with Crippen LogP contribution in [0.5, 0.6) is 0 Å². The molecule has 0 atom stereocenters. The van der Waals surface area contributed by atoms with Crippen molar-refractivity contribution in [2.75, 3.05) is 0 Å². The smallest absolute Gasteiger partial charge is 0.419 e. The molecule has 1 aromatic carbocycles. The first kappa shape index (κ1) is 12.2. The first-order valence-corrected chi connectivity index (χ1v) is 4.08. The minimum absolute atomic E-state index is 0.0314. The van der Waals surface area contributed by atoms with Crippen LogP contribution in [0.4, 0.5) is 17.6 Å². The van der Waals surface area contributed by atoms with Gasteiger partial charge in [0.25, 0.3) is 0 Å². The Bertz CT molecular complexity index is 435. The summed E-state index contributed by atoms with van der Waals surface area (Å²) in [5.74, 6) is -2.68. The van der Waals surface area contributed by atoms with Gasteiger partial charge in [-0.25, -0.2) is 9.18 Å². The second kappa shape index (κ2) is 4.34. The highest BCUT2D eigenvalue weighted by Gasteiger charge is 2.33. The number of carbonyl (C=O) groups is 1. The number of hydrogen-bond donors (Lipinski definition) is 1. The first-order valence-electron chi connectivity index (χ1n) is 4.08. The molecule has 16 heavy (non-hydrogen) atoms. The summed E-state index contributed by atoms with van der Waals surface area (Å²) in [5.41, 5.74) is -1.45. The quantitative estimate of drug-likeness (QED) is 0.631. The van der Waals surface area contributed by atoms with Gasteiger partial charge in [-0.1, -0.05) is 6.07 Å². The van der Waals surface area contributed by atoms with Gasteiger partial charge in [-0.15, -0.1) is 0 Å². The molecular weight excluding hydrogens is 228 g/mol. The van der Waals surface area contributed by atoms with Crippen molar-refractivity contribution < 1.29 is 27.5 Å². The lowest BCUT2D eigenvalue weighted by atomic mass is 10.1. The minimum atomic E-state index is -4.79. The number of rotatable bonds is 2. The molecule has 0 spiro atoms. The zero-order valence-electron chi connectivity index (χ0n) is 7.75. The van der Waals surface area contributed by atoms with Gasteiger partial charge in [-0.2, -0.15) is 13.2 Å². The van der Waals surface area contributed by atoms with E-state index < -0.39 is 23.5 Å². The molecule has 0 aromatic heterocycles. The van der Waals surface area contributed by atoms with Crippen LogP contribution in [-0.2, 0) is 11.0 Å². The van der Waals surface area contributed by atoms with Crippen molar-refractivity contribution in [3.63, 3.8) is 0 Å². The molecule has 0 heterocycles. The lowest BCUT2D eigenvalue weighted by molar-refractivity contribution is -0.140. The van der Waals surface area contributed by atoms with Crippen LogP contribution >= 0.6 is 0 Å². The van der Waals surface area contributed by atoms with E-state index in [1.54, 1.807) is 0 Å². The first-order chi connectivity index (χ1) is 7.30. The van der Waals surface area contributed by atoms with Crippen LogP contribution < -0.4 is 0 Å². The predicted octanol–water partition coefficient (Wildman–Crippen LogP) is 2.94. The fraction of sp³-hybridized carbons (Fsp3) is 0.100. The molecule has 0 unspecified atom stereocenters. The van der Waals surface area contributed by atoms with Crippen LogP contribution in [0.1, 0.15) is 11.1 Å². The van der Waals surface area contributed by atoms with Gasteiger partial charge in [-0.05, 0) is 23.8 Å². The molecule has 0 saturated carbocycles. The van der Waals surface area contributed by atoms with Crippen molar-refractivity contribution in [3.05, 3.63) is 41.2 Å². The van der Waals surface area contributed by atoms with Gasteiger partial charge in [0, 0.05) is 6.08 Å². The molecular formula is C10H6F4O2. The van der Waals surface area contributed by atoms with Crippen LogP contribution in [0.25, 0.3) is 6.08 Å². The molecule has 6 heteroatoms. The summed E-state index contributed by atoms with van der Waals surface area (Å²) in [6.07, 6.45) is -3.17. The van der Waals surface area contributed by atoms with E-state index in [2.05, 4.69) is 0 Å². The second-order valence-electron chi connectivity index (χ2n) is 2.91. The van der Waals surface area contributed by atoms with E-state index in [0.717, 1.165) is 12.1 Å². The van der Waals surface area contributed by atoms with Gasteiger partial charge in [0.05, 0.1) is 5.56 Å². The Labute approximate surface area is 87.8 Å². The zero-order chi connectivity index (χ0) is 12.3. The van der Waals surface area contributed by atoms with Crippen molar-refractivity contribution in [3.8, 4) is 0 Å². The molecule has 2 nitrogen and oxygen atoms in total. The molecule has 0 aliphatic carbocycles. The van der Waals surface area contributed by atoms with Crippen LogP contribution in [0, 0.1) is 5.82 Å². The molecule has 86 valence electrons. The maximum atomic E-state index is 12.8. The lowest BCUT2D eigenvalue weighted by Crippen LogP contribution is -2.08. The van der Waals surface area contributed by atoms with Crippen LogP contribution in [0.3, 0.4) is 0 Å². The third-order valence-corrected chi connectivity index (χ3v) is 1.71. The molecule has 1 aromatic rings. The van der Waals surface area contributed by atoms with Gasteiger partial charge in [0.2, 0.25) is 0 Å². The van der Waals surface area contributed by atoms with Gasteiger partial charge in [0.15, 0.2) is 0 Å². The summed E-state index contributed by atoms with van der Waals surface area (Å²) >= 11 is 0. The largest absolute Gasteiger partial charge is 0.478 e. The highest BCUT2D eigenvalue weighted by Crippen LogP contribution is 2.32. The number of benzene rings is 1. The lowest BCUT2D eigenvalue weighted by Gasteiger charge is -2.08. The third-order valence-electron chi connectivity index (χ3n) is 1.71. The summed E-state index contributed by atoms with van der Waals surface area (Å²) in [7, 11) is 0. The van der Waals surface area contributed by atoms with Crippen molar-refractivity contribution in [1.29, 1.82) is 0 Å². The van der Waals surface area contributed by atoms with Crippen molar-refractivity contribution >= 4 is 12.0 Å². The van der Waals surface area contributed by atoms with Crippen molar-refractivity contribution in [1.82, 2.24) is 0 Å². The maximum absolute atomic E-state index is 12.8. The average Bonchev–Trinajstić information content (AvgIpc) is 2.14. The Morgan fingerprint density at radius 1 is 1.31 bits per heavy atom. The van der Waals surface area contributed by atoms with E-state index in [4.69, 9.17) is 5.11 Å². The van der Waals surface area contributed by atoms with E-state index in [1.807, 2.05) is 0 Å². The summed E-state index contributed by atoms with van der Waals surface area (Å²) in [5, 5.41) is 8.28. The number of carboxylic acids is 1. The number of aliphatic carboxylic acids is 1. The fourth-order valence-electron chi connectivity index (χ4n) is 1.03. The summed E-state index contributed by atoms with van der Waals surface area (Å²) in [6, 6.07) is 2.25. The van der Waals surface area contributed by atoms with E-state index in [-0.39, 0.29) is 5.56 Å². The van der Waals surface area contributed by atoms with E-state index in [1.165, 1.54) is 0 Å². The Morgan fingerprint density at radius 2 is 1.94 bits per heavy atom. The number of hydrogen-bond acceptors (Lipinski definition) is 1. The SMILES string of the molecule is O=C(O)C=Cc1ccc(F)c(C(F)(F)F)c1. The third kappa shape index (κ3) is 3.08. The monoisotopic (exact) mass is 234 g/mol. The Balaban J connectivity index is 3.13. The van der Waals surface area contributed by atoms with E-state index >= 15 is 0 Å². The predicted molar refractivity (Wildman–Crippen MR) is 48.1 cm³/mol. The Morgan fingerprint density at radius 3 is 2.44 bits per heavy atom. The molecule has 0 aliphatic rings. The van der Waals surface area contributed by atoms with Gasteiger partial charge < -0.3 is 5.11 Å². The molecule has 0 fully saturated rings. The molecule has 0 aliphatic heterocycles. The number of alkyl halides is 3. The zero-order valence-corrected chi connectivity index (χ0v) is 7.75. The minimum Gasteiger partial charge on any atom is -0.478 e. The van der Waals surface area contributed by atoms with Gasteiger partial charge in [0.1, 0.15) is 5.82 Å². The van der Waals surface area contributed by atoms with Crippen LogP contribution in [-0.4, -0.2) is 11.1 Å². The molecule has 1 rings (SSSR count). The van der Waals surface area contributed by atoms with E-state index in [9.17, 15) is 22.4 Å². The summed E-state index contributed by atoms with van der Waals surface area (Å²) < 4.78 is 49.5. The van der Waals surface area contributed by atoms with Gasteiger partial charge >= 0.3 is 12.1 Å². The van der Waals surface area contributed by atoms with Gasteiger partial charge in [-0.3, -0.25) is 0 Å². The number of carboxylic acid groups (broad SMARTS) is 1. The second-order valence-corrected chi connectivity index (χ2v) is 2.91. The van der Waals surface area contributed by atoms with Crippen molar-refractivity contribution in [2.45, 2.75) is 6.18 Å². The topological polar surface area (TPSA) is 37.3 Å². The average molecular weight is 234 g/mol. The van der Waals surface area contributed by atoms with E-state index in [0.29, 0.717) is 18.2 Å². The number of halogens is 4.